The Kier molecular flexibility index (Phi) is 4.23. The third-order valence-electron chi connectivity index (χ3n) is 2.47. The molecule has 0 bridgehead atoms. The minimum atomic E-state index is -0.336. The Morgan fingerprint density at radius 2 is 1.82 bits per heavy atom. The van der Waals surface area contributed by atoms with Gasteiger partial charge in [0, 0.05) is 0 Å². The van der Waals surface area contributed by atoms with Crippen molar-refractivity contribution >= 4 is 0 Å². The van der Waals surface area contributed by atoms with Gasteiger partial charge in [-0.3, -0.25) is 0 Å². The number of benzene rings is 1. The molecule has 94 valence electrons. The van der Waals surface area contributed by atoms with Crippen LogP contribution in [-0.4, -0.2) is 26.4 Å². The van der Waals surface area contributed by atoms with E-state index >= 15 is 0 Å². The summed E-state index contributed by atoms with van der Waals surface area (Å²) in [5, 5.41) is 0. The molecule has 2 rings (SSSR count). The zero-order valence-corrected chi connectivity index (χ0v) is 10.3. The van der Waals surface area contributed by atoms with Crippen molar-refractivity contribution in [3.8, 4) is 11.5 Å². The van der Waals surface area contributed by atoms with Gasteiger partial charge in [-0.2, -0.15) is 0 Å². The van der Waals surface area contributed by atoms with Gasteiger partial charge in [-0.1, -0.05) is 0 Å². The van der Waals surface area contributed by atoms with Crippen LogP contribution in [0.2, 0.25) is 0 Å². The van der Waals surface area contributed by atoms with E-state index in [0.717, 1.165) is 17.1 Å². The van der Waals surface area contributed by atoms with E-state index in [1.54, 1.807) is 0 Å². The van der Waals surface area contributed by atoms with Gasteiger partial charge in [0.05, 0.1) is 32.0 Å². The van der Waals surface area contributed by atoms with Crippen molar-refractivity contribution in [2.75, 3.05) is 26.4 Å². The molecule has 0 aromatic heterocycles. The number of hydrogen-bond donors (Lipinski definition) is 0. The third kappa shape index (κ3) is 2.90. The number of hydrogen-bond acceptors (Lipinski definition) is 4. The summed E-state index contributed by atoms with van der Waals surface area (Å²) in [7, 11) is 0. The van der Waals surface area contributed by atoms with Crippen molar-refractivity contribution in [3.63, 3.8) is 0 Å². The van der Waals surface area contributed by atoms with Crippen molar-refractivity contribution in [2.45, 2.75) is 20.1 Å². The molecule has 0 atom stereocenters. The maximum atomic E-state index is 5.57. The van der Waals surface area contributed by atoms with Gasteiger partial charge in [-0.15, -0.1) is 0 Å². The van der Waals surface area contributed by atoms with Gasteiger partial charge >= 0.3 is 0 Å². The van der Waals surface area contributed by atoms with Gasteiger partial charge in [0.2, 0.25) is 0 Å². The quantitative estimate of drug-likeness (QED) is 0.790. The number of rotatable bonds is 5. The molecule has 1 fully saturated rings. The average molecular weight is 238 g/mol. The summed E-state index contributed by atoms with van der Waals surface area (Å²) in [5.74, 6) is 1.60. The van der Waals surface area contributed by atoms with E-state index in [2.05, 4.69) is 0 Å². The second-order valence-corrected chi connectivity index (χ2v) is 3.64. The fraction of sp³-hybridized carbons (Fsp3) is 0.538. The third-order valence-corrected chi connectivity index (χ3v) is 2.47. The lowest BCUT2D eigenvalue weighted by Crippen LogP contribution is -2.04. The Labute approximate surface area is 101 Å². The standard InChI is InChI=1S/C13H18O4/c1-3-14-10-5-6-12(15-4-2)11(9-10)13-16-7-8-17-13/h5-6,9,13H,3-4,7-8H2,1-2H3. The first kappa shape index (κ1) is 12.2. The predicted molar refractivity (Wildman–Crippen MR) is 63.4 cm³/mol. The number of ether oxygens (including phenoxy) is 4. The molecule has 1 aromatic carbocycles. The van der Waals surface area contributed by atoms with Crippen molar-refractivity contribution < 1.29 is 18.9 Å². The zero-order valence-electron chi connectivity index (χ0n) is 10.3. The topological polar surface area (TPSA) is 36.9 Å². The molecule has 1 aliphatic heterocycles. The first-order valence-electron chi connectivity index (χ1n) is 5.98. The van der Waals surface area contributed by atoms with Crippen LogP contribution >= 0.6 is 0 Å². The Morgan fingerprint density at radius 1 is 1.12 bits per heavy atom. The minimum Gasteiger partial charge on any atom is -0.494 e. The maximum Gasteiger partial charge on any atom is 0.187 e. The predicted octanol–water partition coefficient (Wildman–Crippen LogP) is 2.53. The lowest BCUT2D eigenvalue weighted by molar-refractivity contribution is -0.0458. The van der Waals surface area contributed by atoms with Crippen LogP contribution < -0.4 is 9.47 Å². The van der Waals surface area contributed by atoms with Crippen molar-refractivity contribution in [2.24, 2.45) is 0 Å². The molecule has 0 spiro atoms. The molecule has 1 saturated heterocycles. The first-order chi connectivity index (χ1) is 8.35. The SMILES string of the molecule is CCOc1ccc(OCC)c(C2OCCO2)c1. The Hall–Kier alpha value is -1.26. The summed E-state index contributed by atoms with van der Waals surface area (Å²) in [6, 6.07) is 5.71. The molecular weight excluding hydrogens is 220 g/mol. The highest BCUT2D eigenvalue weighted by Gasteiger charge is 2.22. The normalized spacial score (nSPS) is 16.1. The van der Waals surface area contributed by atoms with E-state index in [9.17, 15) is 0 Å². The summed E-state index contributed by atoms with van der Waals surface area (Å²) in [5.41, 5.74) is 0.898. The molecule has 1 aromatic rings. The van der Waals surface area contributed by atoms with E-state index in [1.807, 2.05) is 32.0 Å². The summed E-state index contributed by atoms with van der Waals surface area (Å²) in [6.45, 7) is 6.41. The molecular formula is C13H18O4. The lowest BCUT2D eigenvalue weighted by atomic mass is 10.2. The molecule has 0 aliphatic carbocycles. The van der Waals surface area contributed by atoms with Crippen LogP contribution in [0.25, 0.3) is 0 Å². The monoisotopic (exact) mass is 238 g/mol. The summed E-state index contributed by atoms with van der Waals surface area (Å²) in [6.07, 6.45) is -0.336. The maximum absolute atomic E-state index is 5.57. The molecule has 1 heterocycles. The van der Waals surface area contributed by atoms with Crippen LogP contribution in [0.1, 0.15) is 25.7 Å². The zero-order chi connectivity index (χ0) is 12.1. The van der Waals surface area contributed by atoms with Crippen LogP contribution in [0.15, 0.2) is 18.2 Å². The minimum absolute atomic E-state index is 0.336. The smallest absolute Gasteiger partial charge is 0.187 e. The molecule has 4 nitrogen and oxygen atoms in total. The molecule has 0 unspecified atom stereocenters. The van der Waals surface area contributed by atoms with Crippen LogP contribution in [0.3, 0.4) is 0 Å². The van der Waals surface area contributed by atoms with Gasteiger partial charge in [0.15, 0.2) is 6.29 Å². The first-order valence-corrected chi connectivity index (χ1v) is 5.98. The molecule has 1 aliphatic rings. The Bertz CT molecular complexity index is 358. The largest absolute Gasteiger partial charge is 0.494 e. The van der Waals surface area contributed by atoms with E-state index in [0.29, 0.717) is 26.4 Å². The second-order valence-electron chi connectivity index (χ2n) is 3.64. The fourth-order valence-corrected chi connectivity index (χ4v) is 1.79. The molecule has 17 heavy (non-hydrogen) atoms. The highest BCUT2D eigenvalue weighted by Crippen LogP contribution is 2.34. The molecule has 0 saturated carbocycles. The van der Waals surface area contributed by atoms with E-state index in [1.165, 1.54) is 0 Å². The summed E-state index contributed by atoms with van der Waals surface area (Å²) >= 11 is 0. The molecule has 4 heteroatoms. The lowest BCUT2D eigenvalue weighted by Gasteiger charge is -2.16. The van der Waals surface area contributed by atoms with Crippen LogP contribution in [-0.2, 0) is 9.47 Å². The van der Waals surface area contributed by atoms with Crippen LogP contribution in [0.4, 0.5) is 0 Å². The highest BCUT2D eigenvalue weighted by atomic mass is 16.7. The van der Waals surface area contributed by atoms with E-state index in [-0.39, 0.29) is 6.29 Å². The fourth-order valence-electron chi connectivity index (χ4n) is 1.79. The van der Waals surface area contributed by atoms with Crippen molar-refractivity contribution in [3.05, 3.63) is 23.8 Å². The molecule has 0 N–H and O–H groups in total. The van der Waals surface area contributed by atoms with Crippen molar-refractivity contribution in [1.29, 1.82) is 0 Å². The van der Waals surface area contributed by atoms with E-state index in [4.69, 9.17) is 18.9 Å². The van der Waals surface area contributed by atoms with Crippen LogP contribution in [0, 0.1) is 0 Å². The van der Waals surface area contributed by atoms with Crippen molar-refractivity contribution in [1.82, 2.24) is 0 Å². The Balaban J connectivity index is 2.25. The van der Waals surface area contributed by atoms with Gasteiger partial charge in [0.25, 0.3) is 0 Å². The van der Waals surface area contributed by atoms with E-state index < -0.39 is 0 Å². The van der Waals surface area contributed by atoms with Crippen LogP contribution in [0.5, 0.6) is 11.5 Å². The second kappa shape index (κ2) is 5.89. The van der Waals surface area contributed by atoms with Gasteiger partial charge < -0.3 is 18.9 Å². The molecule has 0 amide bonds. The summed E-state index contributed by atoms with van der Waals surface area (Å²) < 4.78 is 22.0. The van der Waals surface area contributed by atoms with Gasteiger partial charge in [0.1, 0.15) is 11.5 Å². The Morgan fingerprint density at radius 3 is 2.47 bits per heavy atom. The van der Waals surface area contributed by atoms with Gasteiger partial charge in [-0.05, 0) is 32.0 Å². The van der Waals surface area contributed by atoms with Gasteiger partial charge in [-0.25, -0.2) is 0 Å². The summed E-state index contributed by atoms with van der Waals surface area (Å²) in [4.78, 5) is 0. The molecule has 0 radical (unpaired) electrons. The average Bonchev–Trinajstić information content (AvgIpc) is 2.85. The highest BCUT2D eigenvalue weighted by molar-refractivity contribution is 5.41.